The van der Waals surface area contributed by atoms with Crippen molar-refractivity contribution < 1.29 is 56.1 Å². The molecule has 0 N–H and O–H groups in total. The molecule has 2 saturated heterocycles. The van der Waals surface area contributed by atoms with Crippen molar-refractivity contribution in [3.8, 4) is 0 Å². The third-order valence-corrected chi connectivity index (χ3v) is 4.17. The standard InChI is InChI=1S/C7H3O12P/c1-14-2(8)3(9)15-20(16-4(10)5(11)17-20)18-6(12)7(13)19-20/h1H3. The van der Waals surface area contributed by atoms with Gasteiger partial charge in [0.15, 0.2) is 0 Å². The molecule has 2 heterocycles. The topological polar surface area (TPSA) is 158 Å². The second-order valence-corrected chi connectivity index (χ2v) is 5.53. The van der Waals surface area contributed by atoms with Gasteiger partial charge in [-0.2, -0.15) is 0 Å². The molecule has 0 atom stereocenters. The van der Waals surface area contributed by atoms with Gasteiger partial charge in [-0.1, -0.05) is 0 Å². The van der Waals surface area contributed by atoms with Crippen LogP contribution >= 0.6 is 7.74 Å². The fourth-order valence-corrected chi connectivity index (χ4v) is 3.23. The van der Waals surface area contributed by atoms with E-state index >= 15 is 0 Å². The van der Waals surface area contributed by atoms with Gasteiger partial charge < -0.3 is 0 Å². The van der Waals surface area contributed by atoms with Gasteiger partial charge in [0.1, 0.15) is 0 Å². The maximum atomic E-state index is 11.3. The first kappa shape index (κ1) is 13.7. The number of rotatable bonds is 1. The van der Waals surface area contributed by atoms with Gasteiger partial charge in [0.05, 0.1) is 0 Å². The van der Waals surface area contributed by atoms with Crippen LogP contribution in [0.15, 0.2) is 0 Å². The summed E-state index contributed by atoms with van der Waals surface area (Å²) in [5.41, 5.74) is 0. The van der Waals surface area contributed by atoms with Crippen molar-refractivity contribution in [2.24, 2.45) is 0 Å². The summed E-state index contributed by atoms with van der Waals surface area (Å²) in [5.74, 6) is -10.5. The van der Waals surface area contributed by atoms with Crippen LogP contribution in [-0.4, -0.2) is 42.9 Å². The van der Waals surface area contributed by atoms with Crippen LogP contribution in [0.1, 0.15) is 0 Å². The summed E-state index contributed by atoms with van der Waals surface area (Å²) >= 11 is 0. The van der Waals surface area contributed by atoms with E-state index in [1.165, 1.54) is 0 Å². The van der Waals surface area contributed by atoms with Crippen molar-refractivity contribution in [1.82, 2.24) is 0 Å². The number of carbonyl (C=O) groups is 6. The molecule has 0 aromatic carbocycles. The van der Waals surface area contributed by atoms with Crippen molar-refractivity contribution in [3.63, 3.8) is 0 Å². The molecule has 0 bridgehead atoms. The third-order valence-electron chi connectivity index (χ3n) is 1.85. The quantitative estimate of drug-likeness (QED) is 0.299. The molecule has 20 heavy (non-hydrogen) atoms. The minimum absolute atomic E-state index is 0.799. The molecule has 108 valence electrons. The Labute approximate surface area is 108 Å². The summed E-state index contributed by atoms with van der Waals surface area (Å²) in [4.78, 5) is 66.3. The van der Waals surface area contributed by atoms with Gasteiger partial charge in [0, 0.05) is 0 Å². The van der Waals surface area contributed by atoms with Crippen LogP contribution in [0.5, 0.6) is 0 Å². The Hall–Kier alpha value is -2.75. The predicted octanol–water partition coefficient (Wildman–Crippen LogP) is -1.97. The second kappa shape index (κ2) is 3.87. The summed E-state index contributed by atoms with van der Waals surface area (Å²) in [6.45, 7) is 0. The monoisotopic (exact) mass is 310 g/mol. The van der Waals surface area contributed by atoms with E-state index < -0.39 is 43.6 Å². The van der Waals surface area contributed by atoms with E-state index in [1.807, 2.05) is 0 Å². The van der Waals surface area contributed by atoms with Crippen LogP contribution in [0.25, 0.3) is 0 Å². The zero-order valence-corrected chi connectivity index (χ0v) is 10.2. The van der Waals surface area contributed by atoms with Gasteiger partial charge in [0.2, 0.25) is 0 Å². The third kappa shape index (κ3) is 1.82. The first-order valence-corrected chi connectivity index (χ1v) is 6.35. The number of methoxy groups -OCH3 is 1. The minimum atomic E-state index is -5.95. The number of hydrogen-bond donors (Lipinski definition) is 0. The molecule has 0 aromatic heterocycles. The Kier molecular flexibility index (Phi) is 2.65. The van der Waals surface area contributed by atoms with Crippen LogP contribution in [0.2, 0.25) is 0 Å². The molecule has 2 rings (SSSR count). The average Bonchev–Trinajstić information content (AvgIpc) is 2.73. The Morgan fingerprint density at radius 3 is 1.45 bits per heavy atom. The van der Waals surface area contributed by atoms with Crippen LogP contribution in [0.4, 0.5) is 0 Å². The number of hydrogen-bond acceptors (Lipinski definition) is 12. The van der Waals surface area contributed by atoms with Gasteiger partial charge >= 0.3 is 107 Å². The molecule has 0 unspecified atom stereocenters. The van der Waals surface area contributed by atoms with Gasteiger partial charge in [-0.3, -0.25) is 0 Å². The summed E-state index contributed by atoms with van der Waals surface area (Å²) in [6, 6.07) is 0. The molecule has 2 aliphatic rings. The molecule has 0 aromatic rings. The van der Waals surface area contributed by atoms with Crippen LogP contribution < -0.4 is 0 Å². The number of ether oxygens (including phenoxy) is 1. The van der Waals surface area contributed by atoms with E-state index in [9.17, 15) is 28.8 Å². The van der Waals surface area contributed by atoms with E-state index in [-0.39, 0.29) is 0 Å². The molecule has 0 saturated carbocycles. The Bertz CT molecular complexity index is 513. The molecule has 13 heteroatoms. The molecule has 0 aliphatic carbocycles. The maximum absolute atomic E-state index is 11.3. The fourth-order valence-electron chi connectivity index (χ4n) is 1.13. The zero-order chi connectivity index (χ0) is 15.2. The Morgan fingerprint density at radius 2 is 1.15 bits per heavy atom. The number of esters is 1. The van der Waals surface area contributed by atoms with Gasteiger partial charge in [-0.05, 0) is 0 Å². The first-order chi connectivity index (χ1) is 9.20. The van der Waals surface area contributed by atoms with Gasteiger partial charge in [0.25, 0.3) is 0 Å². The van der Waals surface area contributed by atoms with Gasteiger partial charge in [-0.15, -0.1) is 0 Å². The van der Waals surface area contributed by atoms with E-state index in [0.29, 0.717) is 0 Å². The molecule has 2 fully saturated rings. The zero-order valence-electron chi connectivity index (χ0n) is 9.35. The van der Waals surface area contributed by atoms with Crippen molar-refractivity contribution in [2.45, 2.75) is 0 Å². The van der Waals surface area contributed by atoms with E-state index in [1.54, 1.807) is 0 Å². The molecule has 0 radical (unpaired) electrons. The fraction of sp³-hybridized carbons (Fsp3) is 0.143. The van der Waals surface area contributed by atoms with Crippen LogP contribution in [0, 0.1) is 0 Å². The van der Waals surface area contributed by atoms with Crippen molar-refractivity contribution >= 4 is 43.6 Å². The molecule has 0 amide bonds. The Morgan fingerprint density at radius 1 is 0.800 bits per heavy atom. The van der Waals surface area contributed by atoms with E-state index in [0.717, 1.165) is 7.11 Å². The first-order valence-electron chi connectivity index (χ1n) is 4.52. The summed E-state index contributed by atoms with van der Waals surface area (Å²) in [7, 11) is -5.15. The SMILES string of the molecule is COC(=O)C(=O)OP12(OC(=O)C(=O)O1)OC(=O)C(=O)O2. The van der Waals surface area contributed by atoms with E-state index in [2.05, 4.69) is 27.4 Å². The summed E-state index contributed by atoms with van der Waals surface area (Å²) in [6.07, 6.45) is 0. The van der Waals surface area contributed by atoms with Crippen molar-refractivity contribution in [3.05, 3.63) is 0 Å². The Balaban J connectivity index is 2.42. The second-order valence-electron chi connectivity index (χ2n) is 3.13. The summed E-state index contributed by atoms with van der Waals surface area (Å²) in [5, 5.41) is 0. The van der Waals surface area contributed by atoms with Crippen LogP contribution in [-0.2, 0) is 56.1 Å². The molecular weight excluding hydrogens is 307 g/mol. The average molecular weight is 310 g/mol. The van der Waals surface area contributed by atoms with Crippen molar-refractivity contribution in [1.29, 1.82) is 0 Å². The molecule has 2 aliphatic heterocycles. The summed E-state index contributed by atoms with van der Waals surface area (Å²) < 4.78 is 25.0. The normalized spacial score (nSPS) is 23.8. The molecule has 1 spiro atoms. The van der Waals surface area contributed by atoms with E-state index in [4.69, 9.17) is 0 Å². The van der Waals surface area contributed by atoms with Crippen LogP contribution in [0.3, 0.4) is 0 Å². The predicted molar refractivity (Wildman–Crippen MR) is 49.4 cm³/mol. The van der Waals surface area contributed by atoms with Crippen molar-refractivity contribution in [2.75, 3.05) is 7.11 Å². The molecule has 12 nitrogen and oxygen atoms in total. The molecular formula is C7H3O12P. The number of carbonyl (C=O) groups excluding carboxylic acids is 6. The van der Waals surface area contributed by atoms with Gasteiger partial charge in [-0.25, -0.2) is 0 Å².